The van der Waals surface area contributed by atoms with Crippen molar-refractivity contribution in [2.45, 2.75) is 38.7 Å². The molecule has 1 amide bonds. The van der Waals surface area contributed by atoms with E-state index in [1.165, 1.54) is 37.4 Å². The third-order valence-electron chi connectivity index (χ3n) is 3.83. The smallest absolute Gasteiger partial charge is 0.252 e. The van der Waals surface area contributed by atoms with Gasteiger partial charge in [-0.2, -0.15) is 11.8 Å². The van der Waals surface area contributed by atoms with Gasteiger partial charge in [-0.3, -0.25) is 9.69 Å². The van der Waals surface area contributed by atoms with Crippen molar-refractivity contribution < 1.29 is 9.90 Å². The Morgan fingerprint density at radius 2 is 1.95 bits per heavy atom. The van der Waals surface area contributed by atoms with E-state index in [1.807, 2.05) is 0 Å². The molecule has 5 nitrogen and oxygen atoms in total. The first kappa shape index (κ1) is 18.7. The zero-order chi connectivity index (χ0) is 15.5. The fraction of sp³-hybridized carbons (Fsp3) is 0.933. The molecule has 1 aliphatic heterocycles. The quantitative estimate of drug-likeness (QED) is 0.582. The molecule has 0 aromatic heterocycles. The monoisotopic (exact) mass is 317 g/mol. The van der Waals surface area contributed by atoms with Crippen molar-refractivity contribution >= 4 is 17.7 Å². The number of hydrogen-bond acceptors (Lipinski definition) is 5. The lowest BCUT2D eigenvalue weighted by Crippen LogP contribution is -2.52. The predicted octanol–water partition coefficient (Wildman–Crippen LogP) is 0.764. The van der Waals surface area contributed by atoms with Crippen LogP contribution < -0.4 is 5.73 Å². The zero-order valence-corrected chi connectivity index (χ0v) is 14.1. The lowest BCUT2D eigenvalue weighted by Gasteiger charge is -2.35. The van der Waals surface area contributed by atoms with Crippen LogP contribution in [0.2, 0.25) is 0 Å². The number of nitrogens with zero attached hydrogens (tertiary/aromatic N) is 2. The summed E-state index contributed by atoms with van der Waals surface area (Å²) in [6.07, 6.45) is 4.25. The maximum absolute atomic E-state index is 12.1. The summed E-state index contributed by atoms with van der Waals surface area (Å²) >= 11 is 1.54. The number of aliphatic hydroxyl groups is 1. The molecule has 21 heavy (non-hydrogen) atoms. The Labute approximate surface area is 133 Å². The number of amides is 1. The van der Waals surface area contributed by atoms with Crippen LogP contribution in [0.3, 0.4) is 0 Å². The molecule has 1 saturated heterocycles. The van der Waals surface area contributed by atoms with Crippen LogP contribution in [0.15, 0.2) is 0 Å². The van der Waals surface area contributed by atoms with E-state index in [1.54, 1.807) is 4.90 Å². The third kappa shape index (κ3) is 7.49. The molecule has 1 unspecified atom stereocenters. The van der Waals surface area contributed by atoms with E-state index < -0.39 is 6.10 Å². The van der Waals surface area contributed by atoms with E-state index in [-0.39, 0.29) is 5.91 Å². The Morgan fingerprint density at radius 3 is 2.57 bits per heavy atom. The SMILES string of the molecule is CCCCCCN1CCN(C(=O)C(O)CSCCN)CC1. The molecule has 0 aliphatic carbocycles. The second-order valence-electron chi connectivity index (χ2n) is 5.61. The van der Waals surface area contributed by atoms with Crippen molar-refractivity contribution in [2.75, 3.05) is 50.8 Å². The molecule has 0 saturated carbocycles. The number of carbonyl (C=O) groups excluding carboxylic acids is 1. The van der Waals surface area contributed by atoms with Gasteiger partial charge in [0.25, 0.3) is 5.91 Å². The summed E-state index contributed by atoms with van der Waals surface area (Å²) < 4.78 is 0. The molecule has 0 aromatic rings. The first-order chi connectivity index (χ1) is 10.2. The molecular weight excluding hydrogens is 286 g/mol. The highest BCUT2D eigenvalue weighted by molar-refractivity contribution is 7.99. The average Bonchev–Trinajstić information content (AvgIpc) is 2.51. The van der Waals surface area contributed by atoms with Crippen LogP contribution in [0.1, 0.15) is 32.6 Å². The first-order valence-corrected chi connectivity index (χ1v) is 9.31. The molecule has 6 heteroatoms. The maximum Gasteiger partial charge on any atom is 0.252 e. The maximum atomic E-state index is 12.1. The van der Waals surface area contributed by atoms with Crippen LogP contribution in [0, 0.1) is 0 Å². The number of hydrogen-bond donors (Lipinski definition) is 2. The van der Waals surface area contributed by atoms with Gasteiger partial charge >= 0.3 is 0 Å². The summed E-state index contributed by atoms with van der Waals surface area (Å²) in [4.78, 5) is 16.3. The number of nitrogens with two attached hydrogens (primary N) is 1. The van der Waals surface area contributed by atoms with Crippen LogP contribution in [-0.2, 0) is 4.79 Å². The summed E-state index contributed by atoms with van der Waals surface area (Å²) in [6, 6.07) is 0. The van der Waals surface area contributed by atoms with Crippen LogP contribution in [-0.4, -0.2) is 77.7 Å². The fourth-order valence-electron chi connectivity index (χ4n) is 2.51. The molecule has 1 aliphatic rings. The summed E-state index contributed by atoms with van der Waals surface area (Å²) in [7, 11) is 0. The van der Waals surface area contributed by atoms with Gasteiger partial charge < -0.3 is 15.7 Å². The minimum absolute atomic E-state index is 0.120. The third-order valence-corrected chi connectivity index (χ3v) is 4.91. The van der Waals surface area contributed by atoms with Gasteiger partial charge in [0.15, 0.2) is 0 Å². The molecule has 1 heterocycles. The van der Waals surface area contributed by atoms with E-state index >= 15 is 0 Å². The molecule has 124 valence electrons. The van der Waals surface area contributed by atoms with E-state index in [4.69, 9.17) is 5.73 Å². The molecule has 1 rings (SSSR count). The minimum Gasteiger partial charge on any atom is -0.382 e. The van der Waals surface area contributed by atoms with Crippen LogP contribution in [0.25, 0.3) is 0 Å². The van der Waals surface area contributed by atoms with Gasteiger partial charge in [0, 0.05) is 44.2 Å². The van der Waals surface area contributed by atoms with Crippen molar-refractivity contribution in [3.8, 4) is 0 Å². The number of thioether (sulfide) groups is 1. The second kappa shape index (κ2) is 11.3. The highest BCUT2D eigenvalue weighted by Gasteiger charge is 2.25. The Morgan fingerprint density at radius 1 is 1.24 bits per heavy atom. The van der Waals surface area contributed by atoms with Crippen molar-refractivity contribution in [2.24, 2.45) is 5.73 Å². The van der Waals surface area contributed by atoms with Crippen molar-refractivity contribution in [3.05, 3.63) is 0 Å². The molecule has 3 N–H and O–H groups in total. The molecule has 1 atom stereocenters. The Kier molecular flexibility index (Phi) is 10.1. The van der Waals surface area contributed by atoms with Gasteiger partial charge in [-0.15, -0.1) is 0 Å². The molecule has 0 aromatic carbocycles. The molecule has 0 spiro atoms. The van der Waals surface area contributed by atoms with Crippen LogP contribution in [0.4, 0.5) is 0 Å². The fourth-order valence-corrected chi connectivity index (χ4v) is 3.21. The topological polar surface area (TPSA) is 69.8 Å². The van der Waals surface area contributed by atoms with E-state index in [0.717, 1.165) is 38.5 Å². The average molecular weight is 317 g/mol. The normalized spacial score (nSPS) is 18.0. The Hall–Kier alpha value is -0.300. The highest BCUT2D eigenvalue weighted by atomic mass is 32.2. The summed E-state index contributed by atoms with van der Waals surface area (Å²) in [5, 5.41) is 9.90. The van der Waals surface area contributed by atoms with Crippen molar-refractivity contribution in [3.63, 3.8) is 0 Å². The minimum atomic E-state index is -0.877. The summed E-state index contributed by atoms with van der Waals surface area (Å²) in [6.45, 7) is 7.29. The number of unbranched alkanes of at least 4 members (excludes halogenated alkanes) is 3. The Balaban J connectivity index is 2.17. The molecule has 0 bridgehead atoms. The highest BCUT2D eigenvalue weighted by Crippen LogP contribution is 2.09. The van der Waals surface area contributed by atoms with Crippen LogP contribution >= 0.6 is 11.8 Å². The van der Waals surface area contributed by atoms with Gasteiger partial charge in [-0.05, 0) is 13.0 Å². The van der Waals surface area contributed by atoms with Gasteiger partial charge in [0.1, 0.15) is 6.10 Å². The predicted molar refractivity (Wildman–Crippen MR) is 89.5 cm³/mol. The van der Waals surface area contributed by atoms with Gasteiger partial charge in [0.05, 0.1) is 0 Å². The van der Waals surface area contributed by atoms with Crippen molar-refractivity contribution in [1.29, 1.82) is 0 Å². The molecule has 1 fully saturated rings. The standard InChI is InChI=1S/C15H31N3O2S/c1-2-3-4-5-7-17-8-10-18(11-9-17)15(20)14(19)13-21-12-6-16/h14,19H,2-13,16H2,1H3. The summed E-state index contributed by atoms with van der Waals surface area (Å²) in [5.74, 6) is 1.12. The molecule has 0 radical (unpaired) electrons. The summed E-state index contributed by atoms with van der Waals surface area (Å²) in [5.41, 5.74) is 5.40. The molecular formula is C15H31N3O2S. The number of piperazine rings is 1. The lowest BCUT2D eigenvalue weighted by atomic mass is 10.2. The zero-order valence-electron chi connectivity index (χ0n) is 13.3. The van der Waals surface area contributed by atoms with Gasteiger partial charge in [-0.25, -0.2) is 0 Å². The van der Waals surface area contributed by atoms with Gasteiger partial charge in [0.2, 0.25) is 0 Å². The van der Waals surface area contributed by atoms with Crippen molar-refractivity contribution in [1.82, 2.24) is 9.80 Å². The second-order valence-corrected chi connectivity index (χ2v) is 6.76. The van der Waals surface area contributed by atoms with E-state index in [0.29, 0.717) is 12.3 Å². The number of carbonyl (C=O) groups is 1. The lowest BCUT2D eigenvalue weighted by molar-refractivity contribution is -0.140. The first-order valence-electron chi connectivity index (χ1n) is 8.16. The number of rotatable bonds is 10. The van der Waals surface area contributed by atoms with Crippen LogP contribution in [0.5, 0.6) is 0 Å². The van der Waals surface area contributed by atoms with E-state index in [9.17, 15) is 9.90 Å². The van der Waals surface area contributed by atoms with E-state index in [2.05, 4.69) is 11.8 Å². The number of aliphatic hydroxyl groups excluding tert-OH is 1. The Bertz CT molecular complexity index is 284. The van der Waals surface area contributed by atoms with Gasteiger partial charge in [-0.1, -0.05) is 26.2 Å². The largest absolute Gasteiger partial charge is 0.382 e.